The molecule has 1 aliphatic carbocycles. The number of fused-ring (bicyclic) bond motifs is 3. The van der Waals surface area contributed by atoms with Gasteiger partial charge < -0.3 is 10.2 Å². The first kappa shape index (κ1) is 19.7. The lowest BCUT2D eigenvalue weighted by Crippen LogP contribution is -2.50. The molecule has 160 valence electrons. The molecule has 5 rings (SSSR count). The number of sulfonamides is 1. The summed E-state index contributed by atoms with van der Waals surface area (Å²) in [6.07, 6.45) is 2.96. The molecule has 2 aliphatic heterocycles. The number of likely N-dealkylation sites (tertiary alicyclic amines) is 1. The molecule has 2 aromatic carbocycles. The maximum Gasteiger partial charge on any atom is 0.336 e. The third-order valence-electron chi connectivity index (χ3n) is 6.14. The van der Waals surface area contributed by atoms with Crippen molar-refractivity contribution in [1.29, 1.82) is 0 Å². The SMILES string of the molecule is Cc1ccccc1C1=C[C@@H]2C[C@H]1N(C(=O)CN1C(=O)Nc3ccc(F)cc3S1(=O)=O)C2. The van der Waals surface area contributed by atoms with Gasteiger partial charge in [-0.2, -0.15) is 0 Å². The molecule has 2 atom stereocenters. The monoisotopic (exact) mass is 441 g/mol. The predicted octanol–water partition coefficient (Wildman–Crippen LogP) is 2.98. The van der Waals surface area contributed by atoms with Crippen molar-refractivity contribution in [1.82, 2.24) is 9.21 Å². The number of hydrogen-bond acceptors (Lipinski definition) is 4. The van der Waals surface area contributed by atoms with E-state index in [1.807, 2.05) is 31.2 Å². The Bertz CT molecular complexity index is 1260. The zero-order valence-electron chi connectivity index (χ0n) is 16.7. The largest absolute Gasteiger partial charge is 0.336 e. The summed E-state index contributed by atoms with van der Waals surface area (Å²) in [5.41, 5.74) is 3.23. The van der Waals surface area contributed by atoms with Crippen LogP contribution in [0.15, 0.2) is 53.4 Å². The molecule has 0 aromatic heterocycles. The van der Waals surface area contributed by atoms with Crippen LogP contribution in [0.4, 0.5) is 14.9 Å². The van der Waals surface area contributed by atoms with Crippen LogP contribution >= 0.6 is 0 Å². The number of nitrogens with one attached hydrogen (secondary N) is 1. The van der Waals surface area contributed by atoms with Gasteiger partial charge in [-0.15, -0.1) is 0 Å². The Balaban J connectivity index is 1.41. The molecule has 1 N–H and O–H groups in total. The second-order valence-electron chi connectivity index (χ2n) is 8.08. The Hall–Kier alpha value is -3.20. The highest BCUT2D eigenvalue weighted by Gasteiger charge is 2.45. The summed E-state index contributed by atoms with van der Waals surface area (Å²) in [6, 6.07) is 9.95. The Morgan fingerprint density at radius 1 is 1.23 bits per heavy atom. The van der Waals surface area contributed by atoms with Gasteiger partial charge in [-0.1, -0.05) is 30.3 Å². The van der Waals surface area contributed by atoms with Gasteiger partial charge in [-0.3, -0.25) is 4.79 Å². The van der Waals surface area contributed by atoms with Crippen LogP contribution in [0, 0.1) is 18.7 Å². The second kappa shape index (κ2) is 6.91. The zero-order chi connectivity index (χ0) is 21.9. The van der Waals surface area contributed by atoms with E-state index in [1.54, 1.807) is 4.90 Å². The molecule has 9 heteroatoms. The van der Waals surface area contributed by atoms with E-state index in [2.05, 4.69) is 11.4 Å². The smallest absolute Gasteiger partial charge is 0.333 e. The fourth-order valence-electron chi connectivity index (χ4n) is 4.68. The highest BCUT2D eigenvalue weighted by atomic mass is 32.2. The van der Waals surface area contributed by atoms with E-state index in [0.29, 0.717) is 10.8 Å². The standard InChI is InChI=1S/C22H20FN3O4S/c1-13-4-2-3-5-16(13)17-8-14-9-19(17)25(11-14)21(27)12-26-22(28)24-18-7-6-15(23)10-20(18)31(26,29)30/h2-8,10,14,19H,9,11-12H2,1H3,(H,24,28)/t14-,19-/m1/s1. The first-order chi connectivity index (χ1) is 14.8. The van der Waals surface area contributed by atoms with Gasteiger partial charge in [0.15, 0.2) is 0 Å². The number of carbonyl (C=O) groups is 2. The fraction of sp³-hybridized carbons (Fsp3) is 0.273. The van der Waals surface area contributed by atoms with Gasteiger partial charge in [0.05, 0.1) is 11.7 Å². The van der Waals surface area contributed by atoms with E-state index in [-0.39, 0.29) is 22.5 Å². The Morgan fingerprint density at radius 2 is 2.00 bits per heavy atom. The number of urea groups is 1. The average Bonchev–Trinajstić information content (AvgIpc) is 3.33. The number of nitrogens with zero attached hydrogens (tertiary/aromatic N) is 2. The van der Waals surface area contributed by atoms with Crippen molar-refractivity contribution in [2.45, 2.75) is 24.3 Å². The quantitative estimate of drug-likeness (QED) is 0.794. The van der Waals surface area contributed by atoms with Gasteiger partial charge >= 0.3 is 6.03 Å². The lowest BCUT2D eigenvalue weighted by molar-refractivity contribution is -0.131. The molecule has 0 radical (unpaired) electrons. The topological polar surface area (TPSA) is 86.8 Å². The molecule has 0 unspecified atom stereocenters. The molecule has 3 amide bonds. The van der Waals surface area contributed by atoms with Crippen LogP contribution in [0.25, 0.3) is 5.57 Å². The molecule has 2 aromatic rings. The molecule has 1 saturated heterocycles. The van der Waals surface area contributed by atoms with E-state index >= 15 is 0 Å². The summed E-state index contributed by atoms with van der Waals surface area (Å²) in [5, 5.41) is 2.42. The van der Waals surface area contributed by atoms with Crippen LogP contribution in [0.3, 0.4) is 0 Å². The first-order valence-electron chi connectivity index (χ1n) is 9.96. The summed E-state index contributed by atoms with van der Waals surface area (Å²) in [5.74, 6) is -0.995. The predicted molar refractivity (Wildman–Crippen MR) is 112 cm³/mol. The third-order valence-corrected chi connectivity index (χ3v) is 7.91. The summed E-state index contributed by atoms with van der Waals surface area (Å²) in [6.45, 7) is 1.86. The van der Waals surface area contributed by atoms with Gasteiger partial charge in [-0.05, 0) is 54.2 Å². The fourth-order valence-corrected chi connectivity index (χ4v) is 6.12. The van der Waals surface area contributed by atoms with Crippen LogP contribution in [-0.4, -0.2) is 48.7 Å². The van der Waals surface area contributed by atoms with Gasteiger partial charge in [0.1, 0.15) is 17.3 Å². The highest BCUT2D eigenvalue weighted by Crippen LogP contribution is 2.42. The zero-order valence-corrected chi connectivity index (χ0v) is 17.5. The number of aryl methyl sites for hydroxylation is 1. The Kier molecular flexibility index (Phi) is 4.40. The lowest BCUT2D eigenvalue weighted by atomic mass is 9.96. The van der Waals surface area contributed by atoms with Crippen LogP contribution in [0.2, 0.25) is 0 Å². The van der Waals surface area contributed by atoms with Crippen molar-refractivity contribution in [3.05, 3.63) is 65.5 Å². The number of benzene rings is 2. The average molecular weight is 441 g/mol. The minimum atomic E-state index is -4.35. The van der Waals surface area contributed by atoms with Crippen molar-refractivity contribution in [2.24, 2.45) is 5.92 Å². The minimum absolute atomic E-state index is 0.0000934. The lowest BCUT2D eigenvalue weighted by Gasteiger charge is -2.33. The molecule has 7 nitrogen and oxygen atoms in total. The van der Waals surface area contributed by atoms with Crippen LogP contribution in [0.5, 0.6) is 0 Å². The number of carbonyl (C=O) groups excluding carboxylic acids is 2. The van der Waals surface area contributed by atoms with E-state index in [4.69, 9.17) is 0 Å². The van der Waals surface area contributed by atoms with Gasteiger partial charge in [0, 0.05) is 6.54 Å². The molecule has 2 bridgehead atoms. The molecular formula is C22H20FN3O4S. The van der Waals surface area contributed by atoms with Crippen molar-refractivity contribution in [3.8, 4) is 0 Å². The first-order valence-corrected chi connectivity index (χ1v) is 11.4. The Labute approximate surface area is 179 Å². The van der Waals surface area contributed by atoms with Crippen molar-refractivity contribution >= 4 is 33.2 Å². The van der Waals surface area contributed by atoms with E-state index in [0.717, 1.165) is 35.3 Å². The number of halogens is 1. The van der Waals surface area contributed by atoms with E-state index < -0.39 is 34.3 Å². The minimum Gasteiger partial charge on any atom is -0.333 e. The third kappa shape index (κ3) is 3.11. The van der Waals surface area contributed by atoms with Gasteiger partial charge in [0.2, 0.25) is 5.91 Å². The molecule has 31 heavy (non-hydrogen) atoms. The van der Waals surface area contributed by atoms with Crippen molar-refractivity contribution < 1.29 is 22.4 Å². The summed E-state index contributed by atoms with van der Waals surface area (Å²) in [7, 11) is -4.35. The van der Waals surface area contributed by atoms with Crippen LogP contribution < -0.4 is 5.32 Å². The van der Waals surface area contributed by atoms with Crippen LogP contribution in [0.1, 0.15) is 17.5 Å². The maximum atomic E-state index is 13.6. The summed E-state index contributed by atoms with van der Waals surface area (Å²) < 4.78 is 40.0. The van der Waals surface area contributed by atoms with Crippen LogP contribution in [-0.2, 0) is 14.8 Å². The van der Waals surface area contributed by atoms with Crippen molar-refractivity contribution in [2.75, 3.05) is 18.4 Å². The molecule has 0 spiro atoms. The van der Waals surface area contributed by atoms with Crippen molar-refractivity contribution in [3.63, 3.8) is 0 Å². The normalized spacial score (nSPS) is 23.4. The Morgan fingerprint density at radius 3 is 2.74 bits per heavy atom. The highest BCUT2D eigenvalue weighted by molar-refractivity contribution is 7.90. The molecule has 2 heterocycles. The van der Waals surface area contributed by atoms with Gasteiger partial charge in [-0.25, -0.2) is 21.9 Å². The molecule has 0 saturated carbocycles. The van der Waals surface area contributed by atoms with Gasteiger partial charge in [0.25, 0.3) is 10.0 Å². The summed E-state index contributed by atoms with van der Waals surface area (Å²) >= 11 is 0. The maximum absolute atomic E-state index is 13.6. The molecule has 3 aliphatic rings. The second-order valence-corrected chi connectivity index (χ2v) is 9.91. The number of rotatable bonds is 3. The van der Waals surface area contributed by atoms with E-state index in [9.17, 15) is 22.4 Å². The number of anilines is 1. The number of hydrogen-bond donors (Lipinski definition) is 1. The molecular weight excluding hydrogens is 421 g/mol. The molecule has 1 fully saturated rings. The van der Waals surface area contributed by atoms with E-state index in [1.165, 1.54) is 6.07 Å². The summed E-state index contributed by atoms with van der Waals surface area (Å²) in [4.78, 5) is 26.9. The number of amides is 3.